The number of para-hydroxylation sites is 4. The average molecular weight is 625 g/mol. The van der Waals surface area contributed by atoms with Crippen molar-refractivity contribution in [2.75, 3.05) is 4.81 Å². The fourth-order valence-electron chi connectivity index (χ4n) is 8.84. The largest absolute Gasteiger partial charge is 0.466 e. The van der Waals surface area contributed by atoms with Crippen molar-refractivity contribution in [3.63, 3.8) is 0 Å². The molecule has 49 heavy (non-hydrogen) atoms. The van der Waals surface area contributed by atoms with E-state index in [2.05, 4.69) is 161 Å². The van der Waals surface area contributed by atoms with Crippen molar-refractivity contribution in [2.24, 2.45) is 0 Å². The maximum atomic E-state index is 7.21. The molecule has 7 aromatic carbocycles. The van der Waals surface area contributed by atoms with Gasteiger partial charge in [-0.3, -0.25) is 0 Å². The van der Waals surface area contributed by atoms with E-state index in [0.29, 0.717) is 0 Å². The molecule has 0 saturated heterocycles. The van der Waals surface area contributed by atoms with E-state index in [1.54, 1.807) is 0 Å². The first-order valence-electron chi connectivity index (χ1n) is 16.8. The summed E-state index contributed by atoms with van der Waals surface area (Å²) in [6.45, 7) is -0.216. The fraction of sp³-hybridized carbons (Fsp3) is 0. The SMILES string of the molecule is c1ccc(-c2ccc3c4c(oc3c2)B2c3c(c5c6ccccc6oc5c5c6ccccc6n-4c35)-c3ccccc3N2c2ccccc2)cc1. The minimum Gasteiger partial charge on any atom is -0.466 e. The van der Waals surface area contributed by atoms with Crippen LogP contribution in [0.5, 0.6) is 0 Å². The first-order chi connectivity index (χ1) is 24.3. The van der Waals surface area contributed by atoms with Crippen molar-refractivity contribution in [3.05, 3.63) is 152 Å². The Morgan fingerprint density at radius 2 is 1.27 bits per heavy atom. The molecule has 2 aliphatic rings. The van der Waals surface area contributed by atoms with Crippen LogP contribution in [0.4, 0.5) is 11.4 Å². The van der Waals surface area contributed by atoms with Gasteiger partial charge in [-0.05, 0) is 64.6 Å². The van der Waals surface area contributed by atoms with Crippen LogP contribution < -0.4 is 15.9 Å². The van der Waals surface area contributed by atoms with E-state index < -0.39 is 0 Å². The second kappa shape index (κ2) is 9.12. The van der Waals surface area contributed by atoms with Gasteiger partial charge >= 0.3 is 6.85 Å². The summed E-state index contributed by atoms with van der Waals surface area (Å²) >= 11 is 0. The topological polar surface area (TPSA) is 34.5 Å². The molecule has 5 heteroatoms. The van der Waals surface area contributed by atoms with Crippen molar-refractivity contribution in [1.82, 2.24) is 4.57 Å². The van der Waals surface area contributed by atoms with Crippen molar-refractivity contribution < 1.29 is 8.83 Å². The molecule has 0 N–H and O–H groups in total. The summed E-state index contributed by atoms with van der Waals surface area (Å²) in [5, 5.41) is 5.72. The van der Waals surface area contributed by atoms with Crippen LogP contribution in [0.2, 0.25) is 0 Å². The fourth-order valence-corrected chi connectivity index (χ4v) is 8.84. The molecular formula is C44H25BN2O2. The van der Waals surface area contributed by atoms with Gasteiger partial charge in [-0.15, -0.1) is 0 Å². The van der Waals surface area contributed by atoms with Crippen LogP contribution in [0.3, 0.4) is 0 Å². The number of anilines is 2. The van der Waals surface area contributed by atoms with Crippen LogP contribution in [-0.4, -0.2) is 11.4 Å². The van der Waals surface area contributed by atoms with Gasteiger partial charge in [-0.2, -0.15) is 0 Å². The Kier molecular flexibility index (Phi) is 4.77. The summed E-state index contributed by atoms with van der Waals surface area (Å²) in [5.74, 6) is 0. The highest BCUT2D eigenvalue weighted by Crippen LogP contribution is 2.51. The molecule has 0 atom stereocenters. The average Bonchev–Trinajstić information content (AvgIpc) is 3.84. The molecule has 10 aromatic rings. The van der Waals surface area contributed by atoms with Crippen molar-refractivity contribution in [3.8, 4) is 27.9 Å². The van der Waals surface area contributed by atoms with E-state index in [1.807, 2.05) is 0 Å². The summed E-state index contributed by atoms with van der Waals surface area (Å²) in [6.07, 6.45) is 0. The standard InChI is InChI=1S/C44H25BN2O2/c1-3-13-26(14-4-1)27-23-24-32-36(25-27)49-44-41(32)46-33-20-10-7-17-29(33)39-42(46)40-37(38-31-19-9-12-22-35(31)48-43(38)39)30-18-8-11-21-34(30)47(45(40)44)28-15-5-2-6-16-28/h1-25H. The number of fused-ring (bicyclic) bond motifs is 15. The van der Waals surface area contributed by atoms with Gasteiger partial charge in [0.25, 0.3) is 0 Å². The summed E-state index contributed by atoms with van der Waals surface area (Å²) in [5.41, 5.74) is 15.3. The van der Waals surface area contributed by atoms with E-state index in [1.165, 1.54) is 33.1 Å². The quantitative estimate of drug-likeness (QED) is 0.180. The smallest absolute Gasteiger partial charge is 0.376 e. The van der Waals surface area contributed by atoms with E-state index in [4.69, 9.17) is 8.83 Å². The van der Waals surface area contributed by atoms with Crippen LogP contribution >= 0.6 is 0 Å². The number of nitrogens with zero attached hydrogens (tertiary/aromatic N) is 2. The summed E-state index contributed by atoms with van der Waals surface area (Å²) in [4.78, 5) is 2.49. The van der Waals surface area contributed by atoms with E-state index in [9.17, 15) is 0 Å². The lowest BCUT2D eigenvalue weighted by Crippen LogP contribution is -2.60. The lowest BCUT2D eigenvalue weighted by atomic mass is 9.46. The Labute approximate surface area is 281 Å². The van der Waals surface area contributed by atoms with E-state index >= 15 is 0 Å². The van der Waals surface area contributed by atoms with Gasteiger partial charge in [0.2, 0.25) is 0 Å². The van der Waals surface area contributed by atoms with Gasteiger partial charge in [0, 0.05) is 38.5 Å². The minimum atomic E-state index is -0.216. The van der Waals surface area contributed by atoms with Gasteiger partial charge in [0.05, 0.1) is 22.1 Å². The molecule has 0 unspecified atom stereocenters. The Bertz CT molecular complexity index is 3010. The Morgan fingerprint density at radius 3 is 2.14 bits per heavy atom. The molecule has 2 aliphatic heterocycles. The minimum absolute atomic E-state index is 0.216. The van der Waals surface area contributed by atoms with Crippen LogP contribution in [0.15, 0.2) is 160 Å². The molecule has 0 amide bonds. The third-order valence-electron chi connectivity index (χ3n) is 10.7. The summed E-state index contributed by atoms with van der Waals surface area (Å²) < 4.78 is 16.6. The molecule has 0 radical (unpaired) electrons. The number of furan rings is 2. The molecule has 226 valence electrons. The predicted molar refractivity (Wildman–Crippen MR) is 202 cm³/mol. The van der Waals surface area contributed by atoms with Crippen LogP contribution in [0, 0.1) is 0 Å². The molecule has 0 saturated carbocycles. The van der Waals surface area contributed by atoms with Gasteiger partial charge in [0.1, 0.15) is 22.4 Å². The first-order valence-corrected chi connectivity index (χ1v) is 16.8. The molecule has 0 bridgehead atoms. The van der Waals surface area contributed by atoms with E-state index in [-0.39, 0.29) is 6.85 Å². The number of aromatic nitrogens is 1. The molecule has 5 heterocycles. The third kappa shape index (κ3) is 3.15. The van der Waals surface area contributed by atoms with Crippen molar-refractivity contribution >= 4 is 84.1 Å². The maximum Gasteiger partial charge on any atom is 0.376 e. The number of benzene rings is 7. The van der Waals surface area contributed by atoms with Gasteiger partial charge < -0.3 is 18.2 Å². The normalized spacial score (nSPS) is 13.2. The van der Waals surface area contributed by atoms with Crippen LogP contribution in [0.1, 0.15) is 0 Å². The monoisotopic (exact) mass is 624 g/mol. The Hall–Kier alpha value is -6.46. The highest BCUT2D eigenvalue weighted by molar-refractivity contribution is 6.93. The van der Waals surface area contributed by atoms with Crippen LogP contribution in [-0.2, 0) is 0 Å². The second-order valence-corrected chi connectivity index (χ2v) is 13.2. The third-order valence-corrected chi connectivity index (χ3v) is 10.7. The number of rotatable bonds is 2. The molecule has 0 fully saturated rings. The zero-order valence-corrected chi connectivity index (χ0v) is 26.2. The molecule has 0 spiro atoms. The predicted octanol–water partition coefficient (Wildman–Crippen LogP) is 10.3. The highest BCUT2D eigenvalue weighted by atomic mass is 16.3. The molecule has 4 nitrogen and oxygen atoms in total. The Morgan fingerprint density at radius 1 is 0.531 bits per heavy atom. The van der Waals surface area contributed by atoms with E-state index in [0.717, 1.165) is 72.1 Å². The summed E-state index contributed by atoms with van der Waals surface area (Å²) in [6, 6.07) is 54.1. The molecule has 3 aromatic heterocycles. The van der Waals surface area contributed by atoms with Gasteiger partial charge in [0.15, 0.2) is 0 Å². The lowest BCUT2D eigenvalue weighted by molar-refractivity contribution is 0.648. The summed E-state index contributed by atoms with van der Waals surface area (Å²) in [7, 11) is 0. The van der Waals surface area contributed by atoms with Crippen molar-refractivity contribution in [1.29, 1.82) is 0 Å². The zero-order valence-electron chi connectivity index (χ0n) is 26.2. The van der Waals surface area contributed by atoms with Gasteiger partial charge in [-0.25, -0.2) is 0 Å². The molecular weight excluding hydrogens is 599 g/mol. The van der Waals surface area contributed by atoms with Crippen molar-refractivity contribution in [2.45, 2.75) is 0 Å². The Balaban J connectivity index is 1.33. The van der Waals surface area contributed by atoms with Crippen LogP contribution in [0.25, 0.3) is 82.7 Å². The first kappa shape index (κ1) is 25.6. The number of hydrogen-bond acceptors (Lipinski definition) is 3. The molecule has 12 rings (SSSR count). The van der Waals surface area contributed by atoms with Gasteiger partial charge in [-0.1, -0.05) is 109 Å². The maximum absolute atomic E-state index is 7.21. The molecule has 0 aliphatic carbocycles. The lowest BCUT2D eigenvalue weighted by Gasteiger charge is -2.40. The zero-order chi connectivity index (χ0) is 31.8. The second-order valence-electron chi connectivity index (χ2n) is 13.2. The number of hydrogen-bond donors (Lipinski definition) is 0. The highest BCUT2D eigenvalue weighted by Gasteiger charge is 2.48.